The van der Waals surface area contributed by atoms with Crippen LogP contribution in [-0.2, 0) is 10.5 Å². The zero-order chi connectivity index (χ0) is 20.5. The van der Waals surface area contributed by atoms with E-state index in [1.165, 1.54) is 6.07 Å². The molecule has 1 aliphatic rings. The van der Waals surface area contributed by atoms with Gasteiger partial charge < -0.3 is 10.3 Å². The van der Waals surface area contributed by atoms with Crippen molar-refractivity contribution in [3.05, 3.63) is 87.0 Å². The van der Waals surface area contributed by atoms with E-state index in [1.807, 2.05) is 0 Å². The minimum Gasteiger partial charge on any atom is -0.310 e. The Kier molecular flexibility index (Phi) is 5.14. The third kappa shape index (κ3) is 4.04. The van der Waals surface area contributed by atoms with Gasteiger partial charge in [-0.15, -0.1) is 0 Å². The van der Waals surface area contributed by atoms with Gasteiger partial charge in [0.05, 0.1) is 5.56 Å². The van der Waals surface area contributed by atoms with Crippen molar-refractivity contribution in [3.8, 4) is 0 Å². The van der Waals surface area contributed by atoms with E-state index in [4.69, 9.17) is 0 Å². The van der Waals surface area contributed by atoms with E-state index in [1.54, 1.807) is 18.2 Å². The van der Waals surface area contributed by atoms with Crippen molar-refractivity contribution in [1.82, 2.24) is 9.97 Å². The van der Waals surface area contributed by atoms with Crippen molar-refractivity contribution >= 4 is 23.5 Å². The fourth-order valence-corrected chi connectivity index (χ4v) is 4.09. The molecule has 1 atom stereocenters. The molecule has 1 aromatic heterocycles. The number of thioether (sulfide) groups is 1. The van der Waals surface area contributed by atoms with E-state index >= 15 is 0 Å². The number of nitrogens with one attached hydrogen (secondary N) is 2. The van der Waals surface area contributed by atoms with Crippen LogP contribution in [0.5, 0.6) is 0 Å². The summed E-state index contributed by atoms with van der Waals surface area (Å²) in [6, 6.07) is 9.14. The van der Waals surface area contributed by atoms with Crippen LogP contribution in [0, 0.1) is 17.5 Å². The Morgan fingerprint density at radius 3 is 2.52 bits per heavy atom. The molecule has 0 unspecified atom stereocenters. The average molecular weight is 417 g/mol. The number of carbonyl (C=O) groups is 1. The Bertz CT molecular complexity index is 1150. The molecule has 148 valence electrons. The zero-order valence-corrected chi connectivity index (χ0v) is 15.7. The van der Waals surface area contributed by atoms with E-state index in [0.29, 0.717) is 5.56 Å². The summed E-state index contributed by atoms with van der Waals surface area (Å²) in [6.07, 6.45) is -0.137. The summed E-state index contributed by atoms with van der Waals surface area (Å²) in [4.78, 5) is 31.7. The van der Waals surface area contributed by atoms with Gasteiger partial charge in [-0.05, 0) is 29.3 Å². The number of H-pyrrole nitrogens is 1. The summed E-state index contributed by atoms with van der Waals surface area (Å²) in [7, 11) is 0. The van der Waals surface area contributed by atoms with Crippen LogP contribution < -0.4 is 10.9 Å². The number of hydrogen-bond donors (Lipinski definition) is 2. The highest BCUT2D eigenvalue weighted by Crippen LogP contribution is 2.35. The summed E-state index contributed by atoms with van der Waals surface area (Å²) in [6.45, 7) is 0. The van der Waals surface area contributed by atoms with Crippen molar-refractivity contribution in [1.29, 1.82) is 0 Å². The highest BCUT2D eigenvalue weighted by molar-refractivity contribution is 7.98. The molecular formula is C20H14F3N3O2S. The molecular weight excluding hydrogens is 403 g/mol. The molecule has 4 rings (SSSR count). The molecule has 0 fully saturated rings. The van der Waals surface area contributed by atoms with E-state index in [0.717, 1.165) is 30.0 Å². The summed E-state index contributed by atoms with van der Waals surface area (Å²) in [5.41, 5.74) is 0.221. The quantitative estimate of drug-likeness (QED) is 0.498. The molecule has 5 nitrogen and oxygen atoms in total. The van der Waals surface area contributed by atoms with E-state index < -0.39 is 29.0 Å². The van der Waals surface area contributed by atoms with Gasteiger partial charge in [-0.2, -0.15) is 0 Å². The maximum Gasteiger partial charge on any atom is 0.257 e. The second-order valence-electron chi connectivity index (χ2n) is 6.52. The van der Waals surface area contributed by atoms with Crippen LogP contribution in [0.2, 0.25) is 0 Å². The SMILES string of the molecule is O=C1C[C@H](c2cc(F)cc(F)c2)c2c(nc(SCc3ccccc3F)[nH]c2=O)N1. The predicted molar refractivity (Wildman–Crippen MR) is 102 cm³/mol. The Balaban J connectivity index is 1.69. The number of halogens is 3. The number of carbonyl (C=O) groups excluding carboxylic acids is 1. The highest BCUT2D eigenvalue weighted by Gasteiger charge is 2.31. The fourth-order valence-electron chi connectivity index (χ4n) is 3.24. The van der Waals surface area contributed by atoms with Gasteiger partial charge in [0.2, 0.25) is 5.91 Å². The first-order chi connectivity index (χ1) is 13.9. The number of fused-ring (bicyclic) bond motifs is 1. The Labute approximate surface area is 167 Å². The van der Waals surface area contributed by atoms with Gasteiger partial charge in [0, 0.05) is 24.2 Å². The van der Waals surface area contributed by atoms with Gasteiger partial charge in [0.15, 0.2) is 5.16 Å². The van der Waals surface area contributed by atoms with Crippen LogP contribution in [-0.4, -0.2) is 15.9 Å². The standard InChI is InChI=1S/C20H14F3N3O2S/c21-12-5-11(6-13(22)7-12)14-8-16(27)24-18-17(14)19(28)26-20(25-18)29-9-10-3-1-2-4-15(10)23/h1-7,14H,8-9H2,(H2,24,25,26,27,28)/t14-/m1/s1. The molecule has 0 bridgehead atoms. The lowest BCUT2D eigenvalue weighted by Gasteiger charge is -2.24. The third-order valence-electron chi connectivity index (χ3n) is 4.54. The van der Waals surface area contributed by atoms with E-state index in [-0.39, 0.29) is 40.1 Å². The van der Waals surface area contributed by atoms with Crippen LogP contribution in [0.4, 0.5) is 19.0 Å². The number of rotatable bonds is 4. The molecule has 2 heterocycles. The zero-order valence-electron chi connectivity index (χ0n) is 14.8. The Morgan fingerprint density at radius 1 is 1.07 bits per heavy atom. The summed E-state index contributed by atoms with van der Waals surface area (Å²) in [5, 5.41) is 2.73. The first kappa shape index (κ1) is 19.3. The number of nitrogens with zero attached hydrogens (tertiary/aromatic N) is 1. The smallest absolute Gasteiger partial charge is 0.257 e. The largest absolute Gasteiger partial charge is 0.310 e. The van der Waals surface area contributed by atoms with Crippen molar-refractivity contribution in [2.24, 2.45) is 0 Å². The maximum atomic E-state index is 13.8. The van der Waals surface area contributed by atoms with Gasteiger partial charge >= 0.3 is 0 Å². The number of aromatic amines is 1. The van der Waals surface area contributed by atoms with E-state index in [2.05, 4.69) is 15.3 Å². The number of anilines is 1. The summed E-state index contributed by atoms with van der Waals surface area (Å²) in [5.74, 6) is -2.96. The average Bonchev–Trinajstić information content (AvgIpc) is 2.65. The lowest BCUT2D eigenvalue weighted by Crippen LogP contribution is -2.31. The molecule has 0 saturated carbocycles. The Morgan fingerprint density at radius 2 is 1.79 bits per heavy atom. The van der Waals surface area contributed by atoms with Crippen molar-refractivity contribution in [2.45, 2.75) is 23.2 Å². The van der Waals surface area contributed by atoms with Crippen LogP contribution in [0.25, 0.3) is 0 Å². The lowest BCUT2D eigenvalue weighted by atomic mass is 9.87. The van der Waals surface area contributed by atoms with Crippen molar-refractivity contribution in [3.63, 3.8) is 0 Å². The van der Waals surface area contributed by atoms with Gasteiger partial charge in [0.1, 0.15) is 23.3 Å². The fraction of sp³-hybridized carbons (Fsp3) is 0.150. The Hall–Kier alpha value is -3.07. The van der Waals surface area contributed by atoms with E-state index in [9.17, 15) is 22.8 Å². The predicted octanol–water partition coefficient (Wildman–Crippen LogP) is 3.95. The molecule has 2 N–H and O–H groups in total. The summed E-state index contributed by atoms with van der Waals surface area (Å²) >= 11 is 1.10. The molecule has 0 saturated heterocycles. The van der Waals surface area contributed by atoms with Crippen LogP contribution in [0.3, 0.4) is 0 Å². The number of amides is 1. The number of benzene rings is 2. The number of aromatic nitrogens is 2. The molecule has 0 radical (unpaired) electrons. The second kappa shape index (κ2) is 7.75. The normalized spacial score (nSPS) is 15.7. The van der Waals surface area contributed by atoms with Gasteiger partial charge in [0.25, 0.3) is 5.56 Å². The molecule has 3 aromatic rings. The van der Waals surface area contributed by atoms with Crippen LogP contribution in [0.15, 0.2) is 52.4 Å². The first-order valence-corrected chi connectivity index (χ1v) is 9.65. The first-order valence-electron chi connectivity index (χ1n) is 8.67. The van der Waals surface area contributed by atoms with Gasteiger partial charge in [-0.25, -0.2) is 18.2 Å². The number of hydrogen-bond acceptors (Lipinski definition) is 4. The molecule has 1 aliphatic heterocycles. The molecule has 29 heavy (non-hydrogen) atoms. The van der Waals surface area contributed by atoms with Crippen molar-refractivity contribution < 1.29 is 18.0 Å². The highest BCUT2D eigenvalue weighted by atomic mass is 32.2. The van der Waals surface area contributed by atoms with Gasteiger partial charge in [-0.3, -0.25) is 9.59 Å². The van der Waals surface area contributed by atoms with Crippen LogP contribution in [0.1, 0.15) is 29.0 Å². The van der Waals surface area contributed by atoms with Gasteiger partial charge in [-0.1, -0.05) is 30.0 Å². The topological polar surface area (TPSA) is 74.8 Å². The molecule has 0 aliphatic carbocycles. The lowest BCUT2D eigenvalue weighted by molar-refractivity contribution is -0.116. The minimum atomic E-state index is -0.828. The van der Waals surface area contributed by atoms with Crippen LogP contribution >= 0.6 is 11.8 Å². The summed E-state index contributed by atoms with van der Waals surface area (Å²) < 4.78 is 41.1. The molecule has 0 spiro atoms. The van der Waals surface area contributed by atoms with Crippen molar-refractivity contribution in [2.75, 3.05) is 5.32 Å². The monoisotopic (exact) mass is 417 g/mol. The molecule has 2 aromatic carbocycles. The third-order valence-corrected chi connectivity index (χ3v) is 5.46. The second-order valence-corrected chi connectivity index (χ2v) is 7.49. The molecule has 9 heteroatoms. The molecule has 1 amide bonds. The maximum absolute atomic E-state index is 13.8. The minimum absolute atomic E-state index is 0.0377.